The third kappa shape index (κ3) is 3.27. The van der Waals surface area contributed by atoms with Crippen LogP contribution >= 0.6 is 0 Å². The molecule has 0 atom stereocenters. The number of aryl methyl sites for hydroxylation is 1. The first-order chi connectivity index (χ1) is 14.0. The largest absolute Gasteiger partial charge is 0.494 e. The summed E-state index contributed by atoms with van der Waals surface area (Å²) in [6.45, 7) is 2.38. The van der Waals surface area contributed by atoms with Gasteiger partial charge in [-0.05, 0) is 43.3 Å². The van der Waals surface area contributed by atoms with Crippen LogP contribution in [0.3, 0.4) is 0 Å². The first-order valence-electron chi connectivity index (χ1n) is 9.18. The van der Waals surface area contributed by atoms with E-state index in [0.717, 1.165) is 21.4 Å². The quantitative estimate of drug-likeness (QED) is 0.549. The number of hydrogen-bond acceptors (Lipinski definition) is 4. The number of aromatic nitrogens is 1. The number of imide groups is 2. The lowest BCUT2D eigenvalue weighted by atomic mass is 10.1. The summed E-state index contributed by atoms with van der Waals surface area (Å²) in [7, 11) is 1.89. The molecule has 0 bridgehead atoms. The van der Waals surface area contributed by atoms with Crippen LogP contribution in [0.5, 0.6) is 5.75 Å². The van der Waals surface area contributed by atoms with Gasteiger partial charge in [0.05, 0.1) is 12.3 Å². The van der Waals surface area contributed by atoms with Crippen molar-refractivity contribution in [2.75, 3.05) is 11.5 Å². The molecule has 4 rings (SSSR count). The fourth-order valence-electron chi connectivity index (χ4n) is 3.39. The third-order valence-electron chi connectivity index (χ3n) is 4.74. The van der Waals surface area contributed by atoms with Crippen LogP contribution in [0.4, 0.5) is 10.5 Å². The number of urea groups is 1. The maximum Gasteiger partial charge on any atom is 0.335 e. The van der Waals surface area contributed by atoms with Crippen LogP contribution in [0, 0.1) is 0 Å². The molecule has 0 aliphatic carbocycles. The van der Waals surface area contributed by atoms with Gasteiger partial charge in [-0.3, -0.25) is 14.9 Å². The second-order valence-corrected chi connectivity index (χ2v) is 6.60. The van der Waals surface area contributed by atoms with Crippen LogP contribution < -0.4 is 15.0 Å². The number of nitrogens with zero attached hydrogens (tertiary/aromatic N) is 2. The first kappa shape index (κ1) is 18.5. The Morgan fingerprint density at radius 1 is 1.03 bits per heavy atom. The van der Waals surface area contributed by atoms with Gasteiger partial charge in [0.25, 0.3) is 11.8 Å². The molecule has 1 N–H and O–H groups in total. The van der Waals surface area contributed by atoms with Crippen molar-refractivity contribution in [1.82, 2.24) is 9.88 Å². The molecule has 4 amide bonds. The van der Waals surface area contributed by atoms with Crippen molar-refractivity contribution in [3.05, 3.63) is 65.9 Å². The van der Waals surface area contributed by atoms with E-state index in [2.05, 4.69) is 5.32 Å². The van der Waals surface area contributed by atoms with Crippen LogP contribution in [-0.2, 0) is 16.6 Å². The van der Waals surface area contributed by atoms with Gasteiger partial charge >= 0.3 is 6.03 Å². The smallest absolute Gasteiger partial charge is 0.335 e. The number of ether oxygens (including phenoxy) is 1. The number of hydrogen-bond donors (Lipinski definition) is 1. The van der Waals surface area contributed by atoms with Crippen LogP contribution in [0.2, 0.25) is 0 Å². The Hall–Kier alpha value is -3.87. The minimum Gasteiger partial charge on any atom is -0.494 e. The highest BCUT2D eigenvalue weighted by Gasteiger charge is 2.37. The molecular weight excluding hydrogens is 370 g/mol. The number of rotatable bonds is 4. The molecule has 146 valence electrons. The zero-order valence-electron chi connectivity index (χ0n) is 16.0. The monoisotopic (exact) mass is 389 g/mol. The lowest BCUT2D eigenvalue weighted by molar-refractivity contribution is -0.122. The Kier molecular flexibility index (Phi) is 4.64. The Morgan fingerprint density at radius 2 is 1.76 bits per heavy atom. The molecular formula is C22H19N3O4. The fourth-order valence-corrected chi connectivity index (χ4v) is 3.39. The molecule has 7 heteroatoms. The number of amides is 4. The zero-order valence-corrected chi connectivity index (χ0v) is 16.0. The first-order valence-corrected chi connectivity index (χ1v) is 9.18. The summed E-state index contributed by atoms with van der Waals surface area (Å²) in [5.74, 6) is -0.755. The van der Waals surface area contributed by atoms with Crippen molar-refractivity contribution >= 4 is 40.5 Å². The molecule has 3 aromatic rings. The van der Waals surface area contributed by atoms with E-state index in [4.69, 9.17) is 4.74 Å². The van der Waals surface area contributed by atoms with Crippen LogP contribution in [0.1, 0.15) is 12.5 Å². The van der Waals surface area contributed by atoms with Crippen molar-refractivity contribution in [3.63, 3.8) is 0 Å². The lowest BCUT2D eigenvalue weighted by Crippen LogP contribution is -2.54. The van der Waals surface area contributed by atoms with Gasteiger partial charge in [-0.25, -0.2) is 9.69 Å². The molecule has 2 heterocycles. The molecule has 0 radical (unpaired) electrons. The van der Waals surface area contributed by atoms with Gasteiger partial charge in [-0.1, -0.05) is 18.2 Å². The maximum absolute atomic E-state index is 13.0. The second kappa shape index (κ2) is 7.27. The summed E-state index contributed by atoms with van der Waals surface area (Å²) >= 11 is 0. The second-order valence-electron chi connectivity index (χ2n) is 6.60. The van der Waals surface area contributed by atoms with Gasteiger partial charge in [0.1, 0.15) is 11.3 Å². The number of carbonyl (C=O) groups is 3. The van der Waals surface area contributed by atoms with Gasteiger partial charge < -0.3 is 9.30 Å². The van der Waals surface area contributed by atoms with Crippen molar-refractivity contribution in [2.24, 2.45) is 7.05 Å². The summed E-state index contributed by atoms with van der Waals surface area (Å²) in [6, 6.07) is 13.5. The number of benzene rings is 2. The molecule has 0 saturated carbocycles. The number of nitrogens with one attached hydrogen (secondary N) is 1. The minimum atomic E-state index is -0.778. The van der Waals surface area contributed by atoms with E-state index in [1.165, 1.54) is 6.08 Å². The summed E-state index contributed by atoms with van der Waals surface area (Å²) in [4.78, 5) is 38.8. The number of para-hydroxylation sites is 1. The fraction of sp³-hybridized carbons (Fsp3) is 0.136. The number of fused-ring (bicyclic) bond motifs is 1. The summed E-state index contributed by atoms with van der Waals surface area (Å²) in [6.07, 6.45) is 3.36. The van der Waals surface area contributed by atoms with Crippen molar-refractivity contribution in [3.8, 4) is 5.75 Å². The molecule has 29 heavy (non-hydrogen) atoms. The predicted octanol–water partition coefficient (Wildman–Crippen LogP) is 3.24. The highest BCUT2D eigenvalue weighted by atomic mass is 16.5. The molecule has 1 fully saturated rings. The Labute approximate surface area is 167 Å². The molecule has 1 aliphatic rings. The van der Waals surface area contributed by atoms with E-state index in [0.29, 0.717) is 18.0 Å². The van der Waals surface area contributed by atoms with Crippen molar-refractivity contribution < 1.29 is 19.1 Å². The SMILES string of the molecule is CCOc1ccc(N2C(=O)NC(=O)C(=Cc3cn(C)c4ccccc34)C2=O)cc1. The van der Waals surface area contributed by atoms with E-state index in [1.807, 2.05) is 49.0 Å². The molecule has 1 saturated heterocycles. The summed E-state index contributed by atoms with van der Waals surface area (Å²) < 4.78 is 7.31. The average Bonchev–Trinajstić information content (AvgIpc) is 3.02. The maximum atomic E-state index is 13.0. The molecule has 2 aromatic carbocycles. The summed E-state index contributed by atoms with van der Waals surface area (Å²) in [5, 5.41) is 3.15. The molecule has 7 nitrogen and oxygen atoms in total. The normalized spacial score (nSPS) is 15.9. The lowest BCUT2D eigenvalue weighted by Gasteiger charge is -2.26. The van der Waals surface area contributed by atoms with Crippen molar-refractivity contribution in [1.29, 1.82) is 0 Å². The van der Waals surface area contributed by atoms with E-state index in [-0.39, 0.29) is 5.57 Å². The molecule has 0 unspecified atom stereocenters. The van der Waals surface area contributed by atoms with E-state index in [9.17, 15) is 14.4 Å². The Morgan fingerprint density at radius 3 is 2.48 bits per heavy atom. The molecule has 0 spiro atoms. The van der Waals surface area contributed by atoms with Gasteiger partial charge in [0.15, 0.2) is 0 Å². The molecule has 1 aromatic heterocycles. The predicted molar refractivity (Wildman–Crippen MR) is 110 cm³/mol. The van der Waals surface area contributed by atoms with Gasteiger partial charge in [-0.2, -0.15) is 0 Å². The standard InChI is InChI=1S/C22H19N3O4/c1-3-29-16-10-8-15(9-11-16)25-21(27)18(20(26)23-22(25)28)12-14-13-24(2)19-7-5-4-6-17(14)19/h4-13H,3H2,1-2H3,(H,23,26,28). The van der Waals surface area contributed by atoms with E-state index >= 15 is 0 Å². The third-order valence-corrected chi connectivity index (χ3v) is 4.74. The van der Waals surface area contributed by atoms with E-state index < -0.39 is 17.8 Å². The van der Waals surface area contributed by atoms with Gasteiger partial charge in [0, 0.05) is 29.7 Å². The topological polar surface area (TPSA) is 80.6 Å². The highest BCUT2D eigenvalue weighted by Crippen LogP contribution is 2.27. The van der Waals surface area contributed by atoms with Crippen LogP contribution in [-0.4, -0.2) is 29.0 Å². The van der Waals surface area contributed by atoms with Gasteiger partial charge in [0.2, 0.25) is 0 Å². The Bertz CT molecular complexity index is 1160. The number of carbonyl (C=O) groups excluding carboxylic acids is 3. The minimum absolute atomic E-state index is 0.102. The highest BCUT2D eigenvalue weighted by molar-refractivity contribution is 6.39. The van der Waals surface area contributed by atoms with Crippen LogP contribution in [0.25, 0.3) is 17.0 Å². The zero-order chi connectivity index (χ0) is 20.5. The van der Waals surface area contributed by atoms with Crippen molar-refractivity contribution in [2.45, 2.75) is 6.92 Å². The molecule has 1 aliphatic heterocycles. The number of anilines is 1. The summed E-state index contributed by atoms with van der Waals surface area (Å²) in [5.41, 5.74) is 1.95. The Balaban J connectivity index is 1.74. The van der Waals surface area contributed by atoms with E-state index in [1.54, 1.807) is 24.3 Å². The average molecular weight is 389 g/mol. The van der Waals surface area contributed by atoms with Crippen LogP contribution in [0.15, 0.2) is 60.3 Å². The van der Waals surface area contributed by atoms with Gasteiger partial charge in [-0.15, -0.1) is 0 Å². The number of barbiturate groups is 1.